The van der Waals surface area contributed by atoms with E-state index in [4.69, 9.17) is 27.9 Å². The molecule has 24 heavy (non-hydrogen) atoms. The van der Waals surface area contributed by atoms with E-state index in [1.165, 1.54) is 0 Å². The number of guanidine groups is 1. The maximum absolute atomic E-state index is 12.1. The van der Waals surface area contributed by atoms with Gasteiger partial charge in [0.15, 0.2) is 0 Å². The molecular formula is C15H16Cl2N4O3. The summed E-state index contributed by atoms with van der Waals surface area (Å²) < 4.78 is 5.27. The van der Waals surface area contributed by atoms with Crippen molar-refractivity contribution in [2.24, 2.45) is 4.99 Å². The number of nitrogens with one attached hydrogen (secondary N) is 2. The summed E-state index contributed by atoms with van der Waals surface area (Å²) in [5.41, 5.74) is 0.519. The van der Waals surface area contributed by atoms with Gasteiger partial charge in [0.1, 0.15) is 6.04 Å². The van der Waals surface area contributed by atoms with Gasteiger partial charge in [-0.25, -0.2) is 4.99 Å². The maximum atomic E-state index is 12.1. The molecule has 0 aromatic heterocycles. The van der Waals surface area contributed by atoms with Crippen LogP contribution in [0.1, 0.15) is 6.42 Å². The lowest BCUT2D eigenvalue weighted by atomic mass is 10.2. The van der Waals surface area contributed by atoms with Crippen molar-refractivity contribution in [1.29, 1.82) is 0 Å². The van der Waals surface area contributed by atoms with Crippen LogP contribution in [-0.4, -0.2) is 55.0 Å². The van der Waals surface area contributed by atoms with E-state index in [0.29, 0.717) is 48.0 Å². The molecule has 2 N–H and O–H groups in total. The number of nitrogens with zero attached hydrogens (tertiary/aromatic N) is 2. The third kappa shape index (κ3) is 3.98. The summed E-state index contributed by atoms with van der Waals surface area (Å²) in [5.74, 6) is -0.0862. The standard InChI is InChI=1S/C15H16Cl2N4O3/c16-10-2-1-9(7-11(10)17)18-13(22)8-12-14(23)20-15(19-12)21-3-5-24-6-4-21/h1-2,7,12H,3-6,8H2,(H,18,22)(H,19,20,23). The first-order valence-corrected chi connectivity index (χ1v) is 8.25. The lowest BCUT2D eigenvalue weighted by Crippen LogP contribution is -2.46. The highest BCUT2D eigenvalue weighted by Crippen LogP contribution is 2.25. The number of amides is 2. The molecule has 0 radical (unpaired) electrons. The minimum Gasteiger partial charge on any atom is -0.378 e. The molecular weight excluding hydrogens is 355 g/mol. The number of hydrogen-bond donors (Lipinski definition) is 2. The first-order chi connectivity index (χ1) is 11.5. The lowest BCUT2D eigenvalue weighted by molar-refractivity contribution is -0.124. The number of carbonyl (C=O) groups excluding carboxylic acids is 2. The van der Waals surface area contributed by atoms with E-state index in [-0.39, 0.29) is 18.2 Å². The van der Waals surface area contributed by atoms with Crippen molar-refractivity contribution in [2.75, 3.05) is 31.6 Å². The van der Waals surface area contributed by atoms with Crippen molar-refractivity contribution in [2.45, 2.75) is 12.5 Å². The Morgan fingerprint density at radius 1 is 1.33 bits per heavy atom. The van der Waals surface area contributed by atoms with Gasteiger partial charge in [-0.1, -0.05) is 23.2 Å². The molecule has 2 aliphatic rings. The Balaban J connectivity index is 1.60. The number of halogens is 2. The molecule has 9 heteroatoms. The van der Waals surface area contributed by atoms with Crippen molar-refractivity contribution in [1.82, 2.24) is 10.2 Å². The summed E-state index contributed by atoms with van der Waals surface area (Å²) in [4.78, 5) is 30.4. The summed E-state index contributed by atoms with van der Waals surface area (Å²) in [6.45, 7) is 2.53. The smallest absolute Gasteiger partial charge is 0.252 e. The van der Waals surface area contributed by atoms with E-state index >= 15 is 0 Å². The van der Waals surface area contributed by atoms with E-state index < -0.39 is 6.04 Å². The van der Waals surface area contributed by atoms with Gasteiger partial charge >= 0.3 is 0 Å². The fourth-order valence-electron chi connectivity index (χ4n) is 2.47. The largest absolute Gasteiger partial charge is 0.378 e. The van der Waals surface area contributed by atoms with Gasteiger partial charge in [0.05, 0.1) is 29.7 Å². The van der Waals surface area contributed by atoms with Crippen molar-refractivity contribution >= 4 is 46.7 Å². The lowest BCUT2D eigenvalue weighted by Gasteiger charge is -2.27. The number of anilines is 1. The molecule has 1 unspecified atom stereocenters. The van der Waals surface area contributed by atoms with Gasteiger partial charge in [-0.2, -0.15) is 0 Å². The van der Waals surface area contributed by atoms with Crippen molar-refractivity contribution in [3.63, 3.8) is 0 Å². The van der Waals surface area contributed by atoms with Gasteiger partial charge in [-0.3, -0.25) is 14.9 Å². The molecule has 3 rings (SSSR count). The van der Waals surface area contributed by atoms with Gasteiger partial charge in [0.25, 0.3) is 5.91 Å². The zero-order valence-corrected chi connectivity index (χ0v) is 14.2. The van der Waals surface area contributed by atoms with E-state index in [1.54, 1.807) is 18.2 Å². The molecule has 7 nitrogen and oxygen atoms in total. The topological polar surface area (TPSA) is 83.0 Å². The second kappa shape index (κ2) is 7.38. The summed E-state index contributed by atoms with van der Waals surface area (Å²) >= 11 is 11.7. The predicted molar refractivity (Wildman–Crippen MR) is 91.5 cm³/mol. The SMILES string of the molecule is O=C(CC1N=C(N2CCOCC2)NC1=O)Nc1ccc(Cl)c(Cl)c1. The number of benzene rings is 1. The Morgan fingerprint density at radius 2 is 2.08 bits per heavy atom. The van der Waals surface area contributed by atoms with Gasteiger partial charge < -0.3 is 15.0 Å². The summed E-state index contributed by atoms with van der Waals surface area (Å²) in [6, 6.07) is 4.06. The highest BCUT2D eigenvalue weighted by atomic mass is 35.5. The minimum absolute atomic E-state index is 0.0417. The van der Waals surface area contributed by atoms with Gasteiger partial charge in [-0.05, 0) is 18.2 Å². The third-order valence-corrected chi connectivity index (χ3v) is 4.45. The summed E-state index contributed by atoms with van der Waals surface area (Å²) in [6.07, 6.45) is -0.0417. The second-order valence-corrected chi connectivity index (χ2v) is 6.25. The van der Waals surface area contributed by atoms with Crippen LogP contribution in [0.4, 0.5) is 5.69 Å². The molecule has 0 aliphatic carbocycles. The van der Waals surface area contributed by atoms with Gasteiger partial charge in [0.2, 0.25) is 11.9 Å². The van der Waals surface area contributed by atoms with E-state index in [0.717, 1.165) is 0 Å². The fourth-order valence-corrected chi connectivity index (χ4v) is 2.77. The molecule has 2 heterocycles. The van der Waals surface area contributed by atoms with Crippen LogP contribution in [0.15, 0.2) is 23.2 Å². The third-order valence-electron chi connectivity index (χ3n) is 3.71. The Morgan fingerprint density at radius 3 is 2.79 bits per heavy atom. The Bertz CT molecular complexity index is 689. The molecule has 2 amide bonds. The van der Waals surface area contributed by atoms with Crippen LogP contribution in [0, 0.1) is 0 Å². The van der Waals surface area contributed by atoms with E-state index in [1.807, 2.05) is 4.90 Å². The Hall–Kier alpha value is -1.83. The molecule has 1 fully saturated rings. The van der Waals surface area contributed by atoms with Crippen LogP contribution in [-0.2, 0) is 14.3 Å². The zero-order valence-electron chi connectivity index (χ0n) is 12.7. The number of carbonyl (C=O) groups is 2. The molecule has 1 saturated heterocycles. The first-order valence-electron chi connectivity index (χ1n) is 7.49. The average molecular weight is 371 g/mol. The van der Waals surface area contributed by atoms with Crippen LogP contribution in [0.5, 0.6) is 0 Å². The molecule has 2 aliphatic heterocycles. The first kappa shape index (κ1) is 17.0. The number of aliphatic imine (C=N–C) groups is 1. The fraction of sp³-hybridized carbons (Fsp3) is 0.400. The van der Waals surface area contributed by atoms with Crippen LogP contribution in [0.2, 0.25) is 10.0 Å². The van der Waals surface area contributed by atoms with Crippen LogP contribution in [0.3, 0.4) is 0 Å². The number of hydrogen-bond acceptors (Lipinski definition) is 5. The Labute approximate surface area is 149 Å². The molecule has 1 aromatic carbocycles. The monoisotopic (exact) mass is 370 g/mol. The van der Waals surface area contributed by atoms with Gasteiger partial charge in [0, 0.05) is 18.8 Å². The molecule has 1 atom stereocenters. The Kier molecular flexibility index (Phi) is 5.23. The van der Waals surface area contributed by atoms with Crippen LogP contribution >= 0.6 is 23.2 Å². The number of rotatable bonds is 3. The normalized spacial score (nSPS) is 20.6. The van der Waals surface area contributed by atoms with Crippen molar-refractivity contribution in [3.05, 3.63) is 28.2 Å². The highest BCUT2D eigenvalue weighted by molar-refractivity contribution is 6.42. The van der Waals surface area contributed by atoms with Crippen LogP contribution in [0.25, 0.3) is 0 Å². The van der Waals surface area contributed by atoms with Crippen molar-refractivity contribution < 1.29 is 14.3 Å². The van der Waals surface area contributed by atoms with E-state index in [9.17, 15) is 9.59 Å². The van der Waals surface area contributed by atoms with Crippen molar-refractivity contribution in [3.8, 4) is 0 Å². The number of ether oxygens (including phenoxy) is 1. The summed E-state index contributed by atoms with van der Waals surface area (Å²) in [7, 11) is 0. The predicted octanol–water partition coefficient (Wildman–Crippen LogP) is 1.51. The van der Waals surface area contributed by atoms with Crippen LogP contribution < -0.4 is 10.6 Å². The average Bonchev–Trinajstić information content (AvgIpc) is 2.93. The summed E-state index contributed by atoms with van der Waals surface area (Å²) in [5, 5.41) is 6.16. The number of morpholine rings is 1. The molecule has 1 aromatic rings. The minimum atomic E-state index is -0.731. The highest BCUT2D eigenvalue weighted by Gasteiger charge is 2.31. The second-order valence-electron chi connectivity index (χ2n) is 5.44. The van der Waals surface area contributed by atoms with Gasteiger partial charge in [-0.15, -0.1) is 0 Å². The van der Waals surface area contributed by atoms with E-state index in [2.05, 4.69) is 15.6 Å². The maximum Gasteiger partial charge on any atom is 0.252 e. The quantitative estimate of drug-likeness (QED) is 0.844. The molecule has 0 bridgehead atoms. The molecule has 0 saturated carbocycles. The molecule has 128 valence electrons. The zero-order chi connectivity index (χ0) is 17.1. The molecule has 0 spiro atoms.